The van der Waals surface area contributed by atoms with Crippen molar-refractivity contribution in [3.63, 3.8) is 0 Å². The molecule has 1 aliphatic rings. The van der Waals surface area contributed by atoms with Crippen molar-refractivity contribution in [2.24, 2.45) is 4.99 Å². The highest BCUT2D eigenvalue weighted by molar-refractivity contribution is 14.0. The zero-order chi connectivity index (χ0) is 16.5. The number of rotatable bonds is 6. The van der Waals surface area contributed by atoms with E-state index in [-0.39, 0.29) is 29.9 Å². The molecule has 1 heterocycles. The summed E-state index contributed by atoms with van der Waals surface area (Å²) in [5.41, 5.74) is 2.10. The van der Waals surface area contributed by atoms with Gasteiger partial charge in [-0.2, -0.15) is 0 Å². The van der Waals surface area contributed by atoms with E-state index < -0.39 is 0 Å². The lowest BCUT2D eigenvalue weighted by atomic mass is 10.1. The van der Waals surface area contributed by atoms with Gasteiger partial charge in [0.1, 0.15) is 0 Å². The lowest BCUT2D eigenvalue weighted by Crippen LogP contribution is -2.37. The Hall–Kier alpha value is -1.57. The van der Waals surface area contributed by atoms with Crippen LogP contribution in [0.15, 0.2) is 41.9 Å². The molecule has 1 aromatic carbocycles. The van der Waals surface area contributed by atoms with Crippen LogP contribution in [0.3, 0.4) is 0 Å². The van der Waals surface area contributed by atoms with E-state index >= 15 is 0 Å². The predicted molar refractivity (Wildman–Crippen MR) is 111 cm³/mol. The maximum atomic E-state index is 11.9. The summed E-state index contributed by atoms with van der Waals surface area (Å²) in [6.07, 6.45) is 4.55. The van der Waals surface area contributed by atoms with Crippen molar-refractivity contribution >= 4 is 41.5 Å². The van der Waals surface area contributed by atoms with E-state index in [2.05, 4.69) is 22.2 Å². The number of nitrogens with one attached hydrogen (secondary N) is 2. The van der Waals surface area contributed by atoms with Gasteiger partial charge in [-0.3, -0.25) is 4.79 Å². The molecule has 24 heavy (non-hydrogen) atoms. The molecule has 0 aliphatic carbocycles. The average molecular weight is 442 g/mol. The second kappa shape index (κ2) is 11.1. The van der Waals surface area contributed by atoms with Gasteiger partial charge in [-0.05, 0) is 37.5 Å². The molecule has 0 aromatic heterocycles. The summed E-state index contributed by atoms with van der Waals surface area (Å²) in [5.74, 6) is 1.01. The molecule has 1 amide bonds. The van der Waals surface area contributed by atoms with Gasteiger partial charge in [0.15, 0.2) is 5.96 Å². The van der Waals surface area contributed by atoms with Crippen LogP contribution in [-0.4, -0.2) is 31.5 Å². The number of amides is 1. The normalized spacial score (nSPS) is 14.8. The van der Waals surface area contributed by atoms with E-state index in [0.29, 0.717) is 19.5 Å². The van der Waals surface area contributed by atoms with Crippen LogP contribution in [0.1, 0.15) is 31.7 Å². The maximum absolute atomic E-state index is 11.9. The number of anilines is 1. The first-order valence-corrected chi connectivity index (χ1v) is 8.27. The van der Waals surface area contributed by atoms with E-state index in [1.807, 2.05) is 36.1 Å². The molecule has 0 atom stereocenters. The number of halogens is 1. The Labute approximate surface area is 161 Å². The minimum Gasteiger partial charge on any atom is -0.357 e. The van der Waals surface area contributed by atoms with Crippen molar-refractivity contribution in [3.05, 3.63) is 42.5 Å². The first kappa shape index (κ1) is 20.5. The number of carbonyl (C=O) groups excluding carboxylic acids is 1. The van der Waals surface area contributed by atoms with Crippen molar-refractivity contribution in [2.45, 2.75) is 32.7 Å². The van der Waals surface area contributed by atoms with Gasteiger partial charge in [0, 0.05) is 31.7 Å². The number of guanidine groups is 1. The largest absolute Gasteiger partial charge is 0.357 e. The van der Waals surface area contributed by atoms with E-state index in [9.17, 15) is 4.79 Å². The molecule has 0 saturated carbocycles. The van der Waals surface area contributed by atoms with E-state index in [1.54, 1.807) is 6.08 Å². The second-order valence-corrected chi connectivity index (χ2v) is 5.53. The number of hydrogen-bond donors (Lipinski definition) is 2. The van der Waals surface area contributed by atoms with Crippen LogP contribution >= 0.6 is 24.0 Å². The summed E-state index contributed by atoms with van der Waals surface area (Å²) in [4.78, 5) is 18.4. The Balaban J connectivity index is 0.00000288. The molecule has 5 nitrogen and oxygen atoms in total. The highest BCUT2D eigenvalue weighted by Gasteiger charge is 2.19. The number of carbonyl (C=O) groups is 1. The van der Waals surface area contributed by atoms with Crippen molar-refractivity contribution in [1.29, 1.82) is 0 Å². The van der Waals surface area contributed by atoms with Gasteiger partial charge in [-0.15, -0.1) is 30.6 Å². The first-order valence-electron chi connectivity index (χ1n) is 8.27. The third kappa shape index (κ3) is 6.14. The molecule has 0 bridgehead atoms. The van der Waals surface area contributed by atoms with Crippen molar-refractivity contribution < 1.29 is 4.79 Å². The zero-order valence-electron chi connectivity index (χ0n) is 14.3. The predicted octanol–water partition coefficient (Wildman–Crippen LogP) is 3.06. The van der Waals surface area contributed by atoms with Crippen LogP contribution in [0, 0.1) is 0 Å². The van der Waals surface area contributed by atoms with Gasteiger partial charge in [0.2, 0.25) is 5.91 Å². The highest BCUT2D eigenvalue weighted by atomic mass is 127. The Bertz CT molecular complexity index is 557. The van der Waals surface area contributed by atoms with Crippen molar-refractivity contribution in [2.75, 3.05) is 24.5 Å². The molecule has 1 saturated heterocycles. The van der Waals surface area contributed by atoms with Crippen LogP contribution in [0.5, 0.6) is 0 Å². The minimum absolute atomic E-state index is 0. The maximum Gasteiger partial charge on any atom is 0.226 e. The van der Waals surface area contributed by atoms with Gasteiger partial charge in [0.25, 0.3) is 0 Å². The fraction of sp³-hybridized carbons (Fsp3) is 0.444. The smallest absolute Gasteiger partial charge is 0.226 e. The fourth-order valence-electron chi connectivity index (χ4n) is 2.54. The number of piperidine rings is 1. The summed E-state index contributed by atoms with van der Waals surface area (Å²) in [6.45, 7) is 8.66. The second-order valence-electron chi connectivity index (χ2n) is 5.53. The van der Waals surface area contributed by atoms with Crippen LogP contribution in [0.2, 0.25) is 0 Å². The van der Waals surface area contributed by atoms with Crippen molar-refractivity contribution in [3.8, 4) is 0 Å². The third-order valence-electron chi connectivity index (χ3n) is 3.75. The molecule has 1 aliphatic heterocycles. The van der Waals surface area contributed by atoms with Crippen molar-refractivity contribution in [1.82, 2.24) is 10.6 Å². The summed E-state index contributed by atoms with van der Waals surface area (Å²) < 4.78 is 0. The molecular formula is C18H27IN4O. The molecule has 2 rings (SSSR count). The molecule has 1 fully saturated rings. The van der Waals surface area contributed by atoms with Gasteiger partial charge in [0.05, 0.1) is 6.54 Å². The molecule has 0 radical (unpaired) electrons. The molecule has 1 aromatic rings. The summed E-state index contributed by atoms with van der Waals surface area (Å²) >= 11 is 0. The number of benzene rings is 1. The molecule has 2 N–H and O–H groups in total. The Kier molecular flexibility index (Phi) is 9.44. The van der Waals surface area contributed by atoms with E-state index in [4.69, 9.17) is 0 Å². The van der Waals surface area contributed by atoms with Crippen LogP contribution < -0.4 is 15.5 Å². The lowest BCUT2D eigenvalue weighted by molar-refractivity contribution is -0.119. The highest BCUT2D eigenvalue weighted by Crippen LogP contribution is 2.21. The Morgan fingerprint density at radius 2 is 2.04 bits per heavy atom. The number of nitrogens with zero attached hydrogens (tertiary/aromatic N) is 2. The average Bonchev–Trinajstić information content (AvgIpc) is 2.58. The summed E-state index contributed by atoms with van der Waals surface area (Å²) in [5, 5.41) is 6.37. The first-order chi connectivity index (χ1) is 11.2. The van der Waals surface area contributed by atoms with E-state index in [1.165, 1.54) is 0 Å². The standard InChI is InChI=1S/C18H26N4O.HI/c1-3-12-20-18(19-4-2)21-14-15-8-10-16(11-9-15)22-13-6-5-7-17(22)23;/h3,8-11H,1,4-7,12-14H2,2H3,(H2,19,20,21);1H. The zero-order valence-corrected chi connectivity index (χ0v) is 16.6. The SMILES string of the molecule is C=CCNC(=NCc1ccc(N2CCCCC2=O)cc1)NCC.I. The summed E-state index contributed by atoms with van der Waals surface area (Å²) in [7, 11) is 0. The Morgan fingerprint density at radius 3 is 2.67 bits per heavy atom. The van der Waals surface area contributed by atoms with Gasteiger partial charge < -0.3 is 15.5 Å². The van der Waals surface area contributed by atoms with Gasteiger partial charge >= 0.3 is 0 Å². The molecule has 132 valence electrons. The lowest BCUT2D eigenvalue weighted by Gasteiger charge is -2.26. The third-order valence-corrected chi connectivity index (χ3v) is 3.75. The van der Waals surface area contributed by atoms with Crippen LogP contribution in [-0.2, 0) is 11.3 Å². The Morgan fingerprint density at radius 1 is 1.29 bits per heavy atom. The molecule has 0 unspecified atom stereocenters. The van der Waals surface area contributed by atoms with Crippen LogP contribution in [0.25, 0.3) is 0 Å². The fourth-order valence-corrected chi connectivity index (χ4v) is 2.54. The van der Waals surface area contributed by atoms with E-state index in [0.717, 1.165) is 43.1 Å². The molecule has 6 heteroatoms. The number of hydrogen-bond acceptors (Lipinski definition) is 2. The minimum atomic E-state index is 0. The molecular weight excluding hydrogens is 415 g/mol. The van der Waals surface area contributed by atoms with Crippen LogP contribution in [0.4, 0.5) is 5.69 Å². The summed E-state index contributed by atoms with van der Waals surface area (Å²) in [6, 6.07) is 8.10. The number of aliphatic imine (C=N–C) groups is 1. The monoisotopic (exact) mass is 442 g/mol. The van der Waals surface area contributed by atoms with Gasteiger partial charge in [-0.1, -0.05) is 18.2 Å². The quantitative estimate of drug-likeness (QED) is 0.308. The van der Waals surface area contributed by atoms with Gasteiger partial charge in [-0.25, -0.2) is 4.99 Å². The topological polar surface area (TPSA) is 56.7 Å². The molecule has 0 spiro atoms.